The third kappa shape index (κ3) is 3.28. The van der Waals surface area contributed by atoms with E-state index in [9.17, 15) is 8.42 Å². The summed E-state index contributed by atoms with van der Waals surface area (Å²) < 4.78 is 33.1. The van der Waals surface area contributed by atoms with Gasteiger partial charge in [-0.3, -0.25) is 0 Å². The minimum atomic E-state index is -3.62. The summed E-state index contributed by atoms with van der Waals surface area (Å²) in [6, 6.07) is 3.70. The van der Waals surface area contributed by atoms with Gasteiger partial charge >= 0.3 is 0 Å². The van der Waals surface area contributed by atoms with E-state index in [0.29, 0.717) is 18.7 Å². The van der Waals surface area contributed by atoms with Gasteiger partial charge in [0, 0.05) is 19.5 Å². The van der Waals surface area contributed by atoms with Crippen molar-refractivity contribution in [2.24, 2.45) is 5.73 Å². The first-order valence-electron chi connectivity index (χ1n) is 7.03. The minimum Gasteiger partial charge on any atom is -0.487 e. The molecular weight excluding hydrogens is 288 g/mol. The molecule has 6 heteroatoms. The van der Waals surface area contributed by atoms with Crippen molar-refractivity contribution in [2.75, 3.05) is 13.1 Å². The molecule has 5 nitrogen and oxygen atoms in total. The third-order valence-electron chi connectivity index (χ3n) is 3.52. The smallest absolute Gasteiger partial charge is 0.244 e. The predicted octanol–water partition coefficient (Wildman–Crippen LogP) is 1.54. The zero-order chi connectivity index (χ0) is 15.6. The van der Waals surface area contributed by atoms with Gasteiger partial charge in [-0.05, 0) is 23.1 Å². The van der Waals surface area contributed by atoms with Crippen molar-refractivity contribution in [3.63, 3.8) is 0 Å². The fourth-order valence-electron chi connectivity index (χ4n) is 2.33. The molecule has 0 saturated carbocycles. The van der Waals surface area contributed by atoms with Crippen molar-refractivity contribution in [1.29, 1.82) is 0 Å². The fourth-order valence-corrected chi connectivity index (χ4v) is 3.54. The number of sulfonamides is 1. The molecule has 1 aliphatic rings. The van der Waals surface area contributed by atoms with Crippen LogP contribution in [-0.2, 0) is 16.4 Å². The van der Waals surface area contributed by atoms with E-state index in [2.05, 4.69) is 11.3 Å². The van der Waals surface area contributed by atoms with E-state index >= 15 is 0 Å². The van der Waals surface area contributed by atoms with Gasteiger partial charge in [-0.25, -0.2) is 13.1 Å². The van der Waals surface area contributed by atoms with Gasteiger partial charge in [-0.1, -0.05) is 26.0 Å². The lowest BCUT2D eigenvalue weighted by Crippen LogP contribution is -2.26. The van der Waals surface area contributed by atoms with Gasteiger partial charge in [0.1, 0.15) is 16.7 Å². The van der Waals surface area contributed by atoms with Crippen LogP contribution in [0.3, 0.4) is 0 Å². The van der Waals surface area contributed by atoms with E-state index in [0.717, 1.165) is 11.1 Å². The van der Waals surface area contributed by atoms with Crippen LogP contribution >= 0.6 is 0 Å². The van der Waals surface area contributed by atoms with Crippen molar-refractivity contribution >= 4 is 10.0 Å². The van der Waals surface area contributed by atoms with Gasteiger partial charge in [-0.2, -0.15) is 0 Å². The Morgan fingerprint density at radius 3 is 2.81 bits per heavy atom. The molecule has 3 N–H and O–H groups in total. The number of hydrogen-bond acceptors (Lipinski definition) is 4. The number of fused-ring (bicyclic) bond motifs is 1. The van der Waals surface area contributed by atoms with Crippen molar-refractivity contribution in [3.05, 3.63) is 35.9 Å². The maximum absolute atomic E-state index is 12.5. The molecule has 0 fully saturated rings. The molecule has 1 unspecified atom stereocenters. The molecule has 1 heterocycles. The van der Waals surface area contributed by atoms with Crippen molar-refractivity contribution in [3.8, 4) is 5.75 Å². The molecule has 0 aromatic heterocycles. The molecule has 0 bridgehead atoms. The van der Waals surface area contributed by atoms with Crippen LogP contribution in [0, 0.1) is 0 Å². The van der Waals surface area contributed by atoms with Crippen molar-refractivity contribution in [2.45, 2.75) is 37.2 Å². The Morgan fingerprint density at radius 2 is 2.24 bits per heavy atom. The summed E-state index contributed by atoms with van der Waals surface area (Å²) >= 11 is 0. The molecule has 0 amide bonds. The second-order valence-corrected chi connectivity index (χ2v) is 7.22. The van der Waals surface area contributed by atoms with E-state index in [-0.39, 0.29) is 23.5 Å². The number of ether oxygens (including phenoxy) is 1. The second-order valence-electron chi connectivity index (χ2n) is 5.48. The van der Waals surface area contributed by atoms with E-state index in [1.807, 2.05) is 19.9 Å². The van der Waals surface area contributed by atoms with Gasteiger partial charge in [0.15, 0.2) is 0 Å². The fraction of sp³-hybridized carbons (Fsp3) is 0.467. The summed E-state index contributed by atoms with van der Waals surface area (Å²) in [6.07, 6.45) is 2.00. The van der Waals surface area contributed by atoms with Crippen LogP contribution in [0.5, 0.6) is 5.75 Å². The summed E-state index contributed by atoms with van der Waals surface area (Å²) in [5, 5.41) is 0. The summed E-state index contributed by atoms with van der Waals surface area (Å²) in [5.41, 5.74) is 7.54. The zero-order valence-corrected chi connectivity index (χ0v) is 13.2. The Labute approximate surface area is 126 Å². The lowest BCUT2D eigenvalue weighted by Gasteiger charge is -2.14. The van der Waals surface area contributed by atoms with Crippen LogP contribution in [-0.4, -0.2) is 27.6 Å². The molecule has 1 atom stereocenters. The van der Waals surface area contributed by atoms with Crippen molar-refractivity contribution < 1.29 is 13.2 Å². The van der Waals surface area contributed by atoms with Crippen LogP contribution in [0.2, 0.25) is 0 Å². The Balaban J connectivity index is 2.52. The SMILES string of the molecule is C=CCNS(=O)(=O)c1cc(C(C)C)cc2c1OC(CN)C2. The van der Waals surface area contributed by atoms with E-state index < -0.39 is 10.0 Å². The van der Waals surface area contributed by atoms with Crippen LogP contribution in [0.15, 0.2) is 29.7 Å². The van der Waals surface area contributed by atoms with Crippen LogP contribution < -0.4 is 15.2 Å². The van der Waals surface area contributed by atoms with Gasteiger partial charge in [-0.15, -0.1) is 6.58 Å². The molecule has 1 aliphatic heterocycles. The summed E-state index contributed by atoms with van der Waals surface area (Å²) in [6.45, 7) is 8.14. The third-order valence-corrected chi connectivity index (χ3v) is 4.95. The Bertz CT molecular complexity index is 639. The van der Waals surface area contributed by atoms with E-state index in [1.54, 1.807) is 6.07 Å². The van der Waals surface area contributed by atoms with E-state index in [4.69, 9.17) is 10.5 Å². The first-order chi connectivity index (χ1) is 9.89. The number of rotatable bonds is 6. The molecule has 21 heavy (non-hydrogen) atoms. The lowest BCUT2D eigenvalue weighted by molar-refractivity contribution is 0.236. The summed E-state index contributed by atoms with van der Waals surface area (Å²) in [7, 11) is -3.62. The van der Waals surface area contributed by atoms with Gasteiger partial charge in [0.2, 0.25) is 10.0 Å². The monoisotopic (exact) mass is 310 g/mol. The minimum absolute atomic E-state index is 0.157. The highest BCUT2D eigenvalue weighted by molar-refractivity contribution is 7.89. The Morgan fingerprint density at radius 1 is 1.52 bits per heavy atom. The molecule has 1 aromatic rings. The number of nitrogens with two attached hydrogens (primary N) is 1. The average molecular weight is 310 g/mol. The maximum Gasteiger partial charge on any atom is 0.244 e. The molecule has 2 rings (SSSR count). The molecule has 116 valence electrons. The number of nitrogens with one attached hydrogen (secondary N) is 1. The molecule has 0 saturated heterocycles. The van der Waals surface area contributed by atoms with Gasteiger partial charge in [0.25, 0.3) is 0 Å². The molecule has 1 aromatic carbocycles. The lowest BCUT2D eigenvalue weighted by atomic mass is 9.99. The van der Waals surface area contributed by atoms with Crippen LogP contribution in [0.25, 0.3) is 0 Å². The van der Waals surface area contributed by atoms with E-state index in [1.165, 1.54) is 6.08 Å². The normalized spacial score (nSPS) is 17.6. The predicted molar refractivity (Wildman–Crippen MR) is 83.1 cm³/mol. The maximum atomic E-state index is 12.5. The molecular formula is C15H22N2O3S. The molecule has 0 spiro atoms. The average Bonchev–Trinajstić information content (AvgIpc) is 2.86. The highest BCUT2D eigenvalue weighted by Gasteiger charge is 2.30. The topological polar surface area (TPSA) is 81.4 Å². The summed E-state index contributed by atoms with van der Waals surface area (Å²) in [5.74, 6) is 0.673. The van der Waals surface area contributed by atoms with Crippen molar-refractivity contribution in [1.82, 2.24) is 4.72 Å². The standard InChI is InChI=1S/C15H22N2O3S/c1-4-5-17-21(18,19)14-8-11(10(2)3)6-12-7-13(9-16)20-15(12)14/h4,6,8,10,13,17H,1,5,7,9,16H2,2-3H3. The largest absolute Gasteiger partial charge is 0.487 e. The highest BCUT2D eigenvalue weighted by Crippen LogP contribution is 2.37. The van der Waals surface area contributed by atoms with Gasteiger partial charge in [0.05, 0.1) is 0 Å². The zero-order valence-electron chi connectivity index (χ0n) is 12.4. The second kappa shape index (κ2) is 6.17. The Kier molecular flexibility index (Phi) is 4.70. The van der Waals surface area contributed by atoms with Gasteiger partial charge < -0.3 is 10.5 Å². The van der Waals surface area contributed by atoms with Crippen LogP contribution in [0.4, 0.5) is 0 Å². The molecule has 0 radical (unpaired) electrons. The first-order valence-corrected chi connectivity index (χ1v) is 8.51. The highest BCUT2D eigenvalue weighted by atomic mass is 32.2. The summed E-state index contributed by atoms with van der Waals surface area (Å²) in [4.78, 5) is 0.196. The van der Waals surface area contributed by atoms with Crippen LogP contribution in [0.1, 0.15) is 30.9 Å². The quantitative estimate of drug-likeness (QED) is 0.781. The number of benzene rings is 1. The number of hydrogen-bond donors (Lipinski definition) is 2. The first kappa shape index (κ1) is 16.0. The Hall–Kier alpha value is -1.37. The molecule has 0 aliphatic carbocycles.